The molecule has 0 saturated carbocycles. The maximum Gasteiger partial charge on any atom is 0.339 e. The highest BCUT2D eigenvalue weighted by molar-refractivity contribution is 5.94. The summed E-state index contributed by atoms with van der Waals surface area (Å²) < 4.78 is 0. The first-order valence-electron chi connectivity index (χ1n) is 5.75. The zero-order valence-corrected chi connectivity index (χ0v) is 10.1. The average Bonchev–Trinajstić information content (AvgIpc) is 2.40. The third-order valence-electron chi connectivity index (χ3n) is 2.69. The summed E-state index contributed by atoms with van der Waals surface area (Å²) >= 11 is 0. The van der Waals surface area contributed by atoms with E-state index in [0.29, 0.717) is 5.82 Å². The lowest BCUT2D eigenvalue weighted by atomic mass is 10.1. The van der Waals surface area contributed by atoms with Crippen LogP contribution < -0.4 is 5.32 Å². The molecule has 0 aliphatic rings. The summed E-state index contributed by atoms with van der Waals surface area (Å²) in [7, 11) is 0. The van der Waals surface area contributed by atoms with E-state index in [2.05, 4.69) is 17.2 Å². The lowest BCUT2D eigenvalue weighted by Gasteiger charge is -2.11. The standard InChI is InChI=1S/C14H14N2O2/c1-2-10-6-3-4-8-12(10)16-13-11(14(17)18)7-5-9-15-13/h3-9H,2H2,1H3,(H,15,16)(H,17,18). The van der Waals surface area contributed by atoms with E-state index in [0.717, 1.165) is 17.7 Å². The highest BCUT2D eigenvalue weighted by atomic mass is 16.4. The summed E-state index contributed by atoms with van der Waals surface area (Å²) in [5.74, 6) is -0.620. The van der Waals surface area contributed by atoms with Gasteiger partial charge in [0.25, 0.3) is 0 Å². The van der Waals surface area contributed by atoms with Crippen LogP contribution in [0, 0.1) is 0 Å². The Hall–Kier alpha value is -2.36. The van der Waals surface area contributed by atoms with Crippen LogP contribution in [0.2, 0.25) is 0 Å². The number of carbonyl (C=O) groups is 1. The molecule has 0 bridgehead atoms. The van der Waals surface area contributed by atoms with E-state index in [4.69, 9.17) is 5.11 Å². The Morgan fingerprint density at radius 1 is 1.28 bits per heavy atom. The van der Waals surface area contributed by atoms with Crippen LogP contribution in [0.5, 0.6) is 0 Å². The number of carboxylic acid groups (broad SMARTS) is 1. The largest absolute Gasteiger partial charge is 0.478 e. The van der Waals surface area contributed by atoms with Crippen LogP contribution in [-0.2, 0) is 6.42 Å². The van der Waals surface area contributed by atoms with Gasteiger partial charge in [-0.15, -0.1) is 0 Å². The molecule has 1 aromatic heterocycles. The van der Waals surface area contributed by atoms with Gasteiger partial charge in [0.1, 0.15) is 11.4 Å². The predicted octanol–water partition coefficient (Wildman–Crippen LogP) is 3.09. The second kappa shape index (κ2) is 5.31. The zero-order chi connectivity index (χ0) is 13.0. The van der Waals surface area contributed by atoms with Crippen molar-refractivity contribution in [2.24, 2.45) is 0 Å². The number of rotatable bonds is 4. The number of anilines is 2. The number of aromatic carboxylic acids is 1. The minimum atomic E-state index is -0.987. The van der Waals surface area contributed by atoms with E-state index in [-0.39, 0.29) is 5.56 Å². The number of hydrogen-bond donors (Lipinski definition) is 2. The van der Waals surface area contributed by atoms with Crippen LogP contribution in [-0.4, -0.2) is 16.1 Å². The molecule has 18 heavy (non-hydrogen) atoms. The molecule has 4 heteroatoms. The Morgan fingerprint density at radius 2 is 2.06 bits per heavy atom. The highest BCUT2D eigenvalue weighted by Crippen LogP contribution is 2.22. The molecule has 92 valence electrons. The summed E-state index contributed by atoms with van der Waals surface area (Å²) in [6.45, 7) is 2.05. The molecule has 1 heterocycles. The number of carboxylic acids is 1. The molecular formula is C14H14N2O2. The van der Waals surface area contributed by atoms with Crippen LogP contribution >= 0.6 is 0 Å². The van der Waals surface area contributed by atoms with Crippen LogP contribution in [0.1, 0.15) is 22.8 Å². The molecule has 0 aliphatic carbocycles. The topological polar surface area (TPSA) is 62.2 Å². The van der Waals surface area contributed by atoms with Crippen LogP contribution in [0.15, 0.2) is 42.6 Å². The fourth-order valence-electron chi connectivity index (χ4n) is 1.76. The number of aryl methyl sites for hydroxylation is 1. The van der Waals surface area contributed by atoms with E-state index in [1.165, 1.54) is 6.07 Å². The van der Waals surface area contributed by atoms with Crippen molar-refractivity contribution in [2.75, 3.05) is 5.32 Å². The number of aromatic nitrogens is 1. The van der Waals surface area contributed by atoms with Gasteiger partial charge >= 0.3 is 5.97 Å². The van der Waals surface area contributed by atoms with E-state index in [1.54, 1.807) is 12.3 Å². The number of nitrogens with zero attached hydrogens (tertiary/aromatic N) is 1. The summed E-state index contributed by atoms with van der Waals surface area (Å²) in [5.41, 5.74) is 2.18. The van der Waals surface area contributed by atoms with Gasteiger partial charge in [-0.25, -0.2) is 9.78 Å². The molecule has 0 radical (unpaired) electrons. The van der Waals surface area contributed by atoms with Crippen LogP contribution in [0.4, 0.5) is 11.5 Å². The van der Waals surface area contributed by atoms with Crippen LogP contribution in [0.3, 0.4) is 0 Å². The molecule has 1 aromatic carbocycles. The lowest BCUT2D eigenvalue weighted by Crippen LogP contribution is -2.05. The fourth-order valence-corrected chi connectivity index (χ4v) is 1.76. The second-order valence-corrected chi connectivity index (χ2v) is 3.84. The smallest absolute Gasteiger partial charge is 0.339 e. The Balaban J connectivity index is 2.37. The molecule has 0 fully saturated rings. The monoisotopic (exact) mass is 242 g/mol. The van der Waals surface area contributed by atoms with Crippen molar-refractivity contribution >= 4 is 17.5 Å². The van der Waals surface area contributed by atoms with Gasteiger partial charge in [0.15, 0.2) is 0 Å². The maximum absolute atomic E-state index is 11.1. The summed E-state index contributed by atoms with van der Waals surface area (Å²) in [6, 6.07) is 10.9. The highest BCUT2D eigenvalue weighted by Gasteiger charge is 2.11. The molecule has 2 N–H and O–H groups in total. The van der Waals surface area contributed by atoms with Crippen molar-refractivity contribution in [3.63, 3.8) is 0 Å². The van der Waals surface area contributed by atoms with E-state index in [1.807, 2.05) is 24.3 Å². The third kappa shape index (κ3) is 2.48. The number of hydrogen-bond acceptors (Lipinski definition) is 3. The SMILES string of the molecule is CCc1ccccc1Nc1ncccc1C(=O)O. The van der Waals surface area contributed by atoms with Crippen molar-refractivity contribution in [1.29, 1.82) is 0 Å². The molecule has 0 aliphatic heterocycles. The van der Waals surface area contributed by atoms with Crippen molar-refractivity contribution in [3.8, 4) is 0 Å². The van der Waals surface area contributed by atoms with Gasteiger partial charge in [-0.05, 0) is 30.2 Å². The quantitative estimate of drug-likeness (QED) is 0.864. The Morgan fingerprint density at radius 3 is 2.78 bits per heavy atom. The van der Waals surface area contributed by atoms with Crippen molar-refractivity contribution < 1.29 is 9.90 Å². The second-order valence-electron chi connectivity index (χ2n) is 3.84. The average molecular weight is 242 g/mol. The Kier molecular flexibility index (Phi) is 3.57. The molecule has 4 nitrogen and oxygen atoms in total. The van der Waals surface area contributed by atoms with Crippen molar-refractivity contribution in [3.05, 3.63) is 53.7 Å². The molecule has 2 aromatic rings. The molecule has 0 saturated heterocycles. The fraction of sp³-hybridized carbons (Fsp3) is 0.143. The molecule has 0 atom stereocenters. The minimum absolute atomic E-state index is 0.170. The first kappa shape index (κ1) is 12.1. The molecule has 0 spiro atoms. The maximum atomic E-state index is 11.1. The third-order valence-corrected chi connectivity index (χ3v) is 2.69. The Labute approximate surface area is 105 Å². The van der Waals surface area contributed by atoms with Gasteiger partial charge < -0.3 is 10.4 Å². The number of pyridine rings is 1. The van der Waals surface area contributed by atoms with Gasteiger partial charge in [-0.2, -0.15) is 0 Å². The molecule has 2 rings (SSSR count). The summed E-state index contributed by atoms with van der Waals surface area (Å²) in [4.78, 5) is 15.2. The number of para-hydroxylation sites is 1. The first-order valence-corrected chi connectivity index (χ1v) is 5.75. The van der Waals surface area contributed by atoms with E-state index >= 15 is 0 Å². The minimum Gasteiger partial charge on any atom is -0.478 e. The van der Waals surface area contributed by atoms with E-state index < -0.39 is 5.97 Å². The first-order chi connectivity index (χ1) is 8.72. The molecule has 0 unspecified atom stereocenters. The Bertz CT molecular complexity index is 567. The summed E-state index contributed by atoms with van der Waals surface area (Å²) in [6.07, 6.45) is 2.45. The number of nitrogens with one attached hydrogen (secondary N) is 1. The van der Waals surface area contributed by atoms with Gasteiger partial charge in [0.05, 0.1) is 0 Å². The van der Waals surface area contributed by atoms with Gasteiger partial charge in [0.2, 0.25) is 0 Å². The predicted molar refractivity (Wildman–Crippen MR) is 70.3 cm³/mol. The van der Waals surface area contributed by atoms with E-state index in [9.17, 15) is 4.79 Å². The van der Waals surface area contributed by atoms with Gasteiger partial charge in [-0.1, -0.05) is 25.1 Å². The number of benzene rings is 1. The lowest BCUT2D eigenvalue weighted by molar-refractivity contribution is 0.0697. The normalized spacial score (nSPS) is 10.1. The molecular weight excluding hydrogens is 228 g/mol. The van der Waals surface area contributed by atoms with Gasteiger partial charge in [-0.3, -0.25) is 0 Å². The molecule has 0 amide bonds. The van der Waals surface area contributed by atoms with Crippen molar-refractivity contribution in [2.45, 2.75) is 13.3 Å². The van der Waals surface area contributed by atoms with Crippen LogP contribution in [0.25, 0.3) is 0 Å². The summed E-state index contributed by atoms with van der Waals surface area (Å²) in [5, 5.41) is 12.2. The van der Waals surface area contributed by atoms with Gasteiger partial charge in [0, 0.05) is 11.9 Å². The van der Waals surface area contributed by atoms with Crippen molar-refractivity contribution in [1.82, 2.24) is 4.98 Å². The zero-order valence-electron chi connectivity index (χ0n) is 10.1.